The Morgan fingerprint density at radius 2 is 1.62 bits per heavy atom. The molecular weight excluding hydrogens is 260 g/mol. The third-order valence-corrected chi connectivity index (χ3v) is 3.36. The van der Waals surface area contributed by atoms with Gasteiger partial charge in [-0.2, -0.15) is 0 Å². The molecule has 0 radical (unpaired) electrons. The summed E-state index contributed by atoms with van der Waals surface area (Å²) in [6.07, 6.45) is 0. The maximum atomic E-state index is 12.1. The highest BCUT2D eigenvalue weighted by atomic mass is 16.1. The van der Waals surface area contributed by atoms with Crippen molar-refractivity contribution in [2.75, 3.05) is 0 Å². The van der Waals surface area contributed by atoms with Gasteiger partial charge in [0.1, 0.15) is 0 Å². The van der Waals surface area contributed by atoms with Crippen molar-refractivity contribution in [3.05, 3.63) is 71.8 Å². The number of aliphatic imine (C=N–C) groups is 1. The standard InChI is InChI=1S/C18H20N2O/c1-14(19-13-16-9-5-3-6-10-16)15(2)20-18(21)17-11-7-4-8-12-17/h3-12,15H,13H2,1-2H3,(H,20,21). The molecule has 0 saturated carbocycles. The molecule has 0 fully saturated rings. The monoisotopic (exact) mass is 280 g/mol. The van der Waals surface area contributed by atoms with Crippen LogP contribution in [-0.4, -0.2) is 17.7 Å². The van der Waals surface area contributed by atoms with Crippen LogP contribution in [0.25, 0.3) is 0 Å². The molecule has 3 heteroatoms. The Bertz CT molecular complexity index is 606. The molecular formula is C18H20N2O. The number of carbonyl (C=O) groups is 1. The van der Waals surface area contributed by atoms with E-state index in [2.05, 4.69) is 10.3 Å². The van der Waals surface area contributed by atoms with Gasteiger partial charge in [0.05, 0.1) is 12.6 Å². The molecule has 21 heavy (non-hydrogen) atoms. The number of nitrogens with zero attached hydrogens (tertiary/aromatic N) is 1. The Morgan fingerprint density at radius 1 is 1.05 bits per heavy atom. The first kappa shape index (κ1) is 15.0. The molecule has 2 rings (SSSR count). The molecule has 0 heterocycles. The molecule has 1 atom stereocenters. The van der Waals surface area contributed by atoms with Gasteiger partial charge in [-0.3, -0.25) is 9.79 Å². The van der Waals surface area contributed by atoms with Gasteiger partial charge in [0.15, 0.2) is 0 Å². The van der Waals surface area contributed by atoms with Crippen molar-refractivity contribution in [2.45, 2.75) is 26.4 Å². The van der Waals surface area contributed by atoms with Crippen LogP contribution >= 0.6 is 0 Å². The zero-order chi connectivity index (χ0) is 15.1. The summed E-state index contributed by atoms with van der Waals surface area (Å²) in [5.74, 6) is -0.0719. The highest BCUT2D eigenvalue weighted by Gasteiger charge is 2.11. The van der Waals surface area contributed by atoms with Crippen LogP contribution in [0.2, 0.25) is 0 Å². The molecule has 2 aromatic rings. The third kappa shape index (κ3) is 4.56. The summed E-state index contributed by atoms with van der Waals surface area (Å²) < 4.78 is 0. The normalized spacial score (nSPS) is 12.8. The molecule has 1 N–H and O–H groups in total. The van der Waals surface area contributed by atoms with Crippen LogP contribution in [0.5, 0.6) is 0 Å². The largest absolute Gasteiger partial charge is 0.344 e. The summed E-state index contributed by atoms with van der Waals surface area (Å²) >= 11 is 0. The smallest absolute Gasteiger partial charge is 0.251 e. The van der Waals surface area contributed by atoms with Crippen LogP contribution < -0.4 is 5.32 Å². The molecule has 108 valence electrons. The number of rotatable bonds is 5. The Balaban J connectivity index is 1.93. The highest BCUT2D eigenvalue weighted by Crippen LogP contribution is 2.03. The molecule has 1 unspecified atom stereocenters. The fourth-order valence-electron chi connectivity index (χ4n) is 1.91. The van der Waals surface area contributed by atoms with E-state index in [1.54, 1.807) is 12.1 Å². The lowest BCUT2D eigenvalue weighted by atomic mass is 10.1. The molecule has 0 aliphatic heterocycles. The quantitative estimate of drug-likeness (QED) is 0.837. The van der Waals surface area contributed by atoms with E-state index in [-0.39, 0.29) is 11.9 Å². The molecule has 2 aromatic carbocycles. The van der Waals surface area contributed by atoms with Crippen molar-refractivity contribution in [1.29, 1.82) is 0 Å². The van der Waals surface area contributed by atoms with Crippen molar-refractivity contribution in [3.63, 3.8) is 0 Å². The van der Waals surface area contributed by atoms with Crippen LogP contribution in [0, 0.1) is 0 Å². The maximum Gasteiger partial charge on any atom is 0.251 e. The number of nitrogens with one attached hydrogen (secondary N) is 1. The molecule has 0 aliphatic carbocycles. The van der Waals surface area contributed by atoms with E-state index >= 15 is 0 Å². The molecule has 0 aromatic heterocycles. The predicted molar refractivity (Wildman–Crippen MR) is 86.6 cm³/mol. The second-order valence-corrected chi connectivity index (χ2v) is 5.00. The van der Waals surface area contributed by atoms with Gasteiger partial charge in [0.25, 0.3) is 5.91 Å². The Hall–Kier alpha value is -2.42. The summed E-state index contributed by atoms with van der Waals surface area (Å²) in [6, 6.07) is 19.2. The average molecular weight is 280 g/mol. The lowest BCUT2D eigenvalue weighted by molar-refractivity contribution is 0.0949. The Labute approximate surface area is 125 Å². The maximum absolute atomic E-state index is 12.1. The first-order valence-corrected chi connectivity index (χ1v) is 7.07. The van der Waals surface area contributed by atoms with Gasteiger partial charge in [-0.15, -0.1) is 0 Å². The van der Waals surface area contributed by atoms with E-state index in [4.69, 9.17) is 0 Å². The highest BCUT2D eigenvalue weighted by molar-refractivity contribution is 5.98. The van der Waals surface area contributed by atoms with Gasteiger partial charge in [0, 0.05) is 11.3 Å². The van der Waals surface area contributed by atoms with Gasteiger partial charge >= 0.3 is 0 Å². The minimum Gasteiger partial charge on any atom is -0.344 e. The zero-order valence-corrected chi connectivity index (χ0v) is 12.4. The van der Waals surface area contributed by atoms with Crippen LogP contribution in [0.4, 0.5) is 0 Å². The lowest BCUT2D eigenvalue weighted by Gasteiger charge is -2.14. The molecule has 0 spiro atoms. The van der Waals surface area contributed by atoms with E-state index < -0.39 is 0 Å². The second kappa shape index (κ2) is 7.39. The molecule has 0 bridgehead atoms. The SMILES string of the molecule is CC(=NCc1ccccc1)C(C)NC(=O)c1ccccc1. The van der Waals surface area contributed by atoms with E-state index in [0.717, 1.165) is 5.71 Å². The van der Waals surface area contributed by atoms with E-state index in [9.17, 15) is 4.79 Å². The fourth-order valence-corrected chi connectivity index (χ4v) is 1.91. The fraction of sp³-hybridized carbons (Fsp3) is 0.222. The summed E-state index contributed by atoms with van der Waals surface area (Å²) in [6.45, 7) is 4.53. The Morgan fingerprint density at radius 3 is 2.24 bits per heavy atom. The topological polar surface area (TPSA) is 41.5 Å². The van der Waals surface area contributed by atoms with Crippen molar-refractivity contribution in [1.82, 2.24) is 5.32 Å². The first-order chi connectivity index (χ1) is 10.2. The van der Waals surface area contributed by atoms with E-state index in [0.29, 0.717) is 12.1 Å². The zero-order valence-electron chi connectivity index (χ0n) is 12.4. The summed E-state index contributed by atoms with van der Waals surface area (Å²) in [5, 5.41) is 2.96. The first-order valence-electron chi connectivity index (χ1n) is 7.07. The van der Waals surface area contributed by atoms with Crippen LogP contribution in [0.1, 0.15) is 29.8 Å². The van der Waals surface area contributed by atoms with Crippen LogP contribution in [0.15, 0.2) is 65.7 Å². The molecule has 3 nitrogen and oxygen atoms in total. The van der Waals surface area contributed by atoms with Gasteiger partial charge < -0.3 is 5.32 Å². The Kier molecular flexibility index (Phi) is 5.27. The second-order valence-electron chi connectivity index (χ2n) is 5.00. The van der Waals surface area contributed by atoms with Gasteiger partial charge in [0.2, 0.25) is 0 Å². The van der Waals surface area contributed by atoms with Crippen molar-refractivity contribution in [2.24, 2.45) is 4.99 Å². The minimum atomic E-state index is -0.0820. The number of carbonyl (C=O) groups excluding carboxylic acids is 1. The van der Waals surface area contributed by atoms with Crippen LogP contribution in [-0.2, 0) is 6.54 Å². The van der Waals surface area contributed by atoms with Crippen molar-refractivity contribution in [3.8, 4) is 0 Å². The predicted octanol–water partition coefficient (Wildman–Crippen LogP) is 3.47. The number of benzene rings is 2. The van der Waals surface area contributed by atoms with Crippen molar-refractivity contribution >= 4 is 11.6 Å². The molecule has 1 amide bonds. The third-order valence-electron chi connectivity index (χ3n) is 3.36. The van der Waals surface area contributed by atoms with E-state index in [1.165, 1.54) is 5.56 Å². The number of amides is 1. The summed E-state index contributed by atoms with van der Waals surface area (Å²) in [4.78, 5) is 16.6. The average Bonchev–Trinajstić information content (AvgIpc) is 2.54. The van der Waals surface area contributed by atoms with Gasteiger partial charge in [-0.05, 0) is 31.5 Å². The molecule has 0 saturated heterocycles. The van der Waals surface area contributed by atoms with Gasteiger partial charge in [-0.1, -0.05) is 48.5 Å². The molecule has 0 aliphatic rings. The summed E-state index contributed by atoms with van der Waals surface area (Å²) in [5.41, 5.74) is 2.75. The van der Waals surface area contributed by atoms with E-state index in [1.807, 2.05) is 62.4 Å². The van der Waals surface area contributed by atoms with Gasteiger partial charge in [-0.25, -0.2) is 0 Å². The van der Waals surface area contributed by atoms with Crippen LogP contribution in [0.3, 0.4) is 0 Å². The number of hydrogen-bond donors (Lipinski definition) is 1. The number of hydrogen-bond acceptors (Lipinski definition) is 2. The minimum absolute atomic E-state index is 0.0719. The lowest BCUT2D eigenvalue weighted by Crippen LogP contribution is -2.37. The van der Waals surface area contributed by atoms with Crippen molar-refractivity contribution < 1.29 is 4.79 Å². The summed E-state index contributed by atoms with van der Waals surface area (Å²) in [7, 11) is 0.